The summed E-state index contributed by atoms with van der Waals surface area (Å²) < 4.78 is 64.3. The molecule has 0 bridgehead atoms. The van der Waals surface area contributed by atoms with Crippen LogP contribution in [0.4, 0.5) is 13.2 Å². The maximum absolute atomic E-state index is 12.9. The molecule has 2 aromatic rings. The van der Waals surface area contributed by atoms with Crippen molar-refractivity contribution in [1.82, 2.24) is 9.78 Å². The van der Waals surface area contributed by atoms with Gasteiger partial charge in [-0.05, 0) is 25.1 Å². The molecule has 0 radical (unpaired) electrons. The lowest BCUT2D eigenvalue weighted by Crippen LogP contribution is -2.21. The third kappa shape index (κ3) is 3.50. The minimum absolute atomic E-state index is 0.0343. The van der Waals surface area contributed by atoms with Crippen LogP contribution >= 0.6 is 0 Å². The fourth-order valence-electron chi connectivity index (χ4n) is 2.14. The number of sulfone groups is 1. The Morgan fingerprint density at radius 2 is 1.79 bits per heavy atom. The molecule has 1 aromatic carbocycles. The Morgan fingerprint density at radius 3 is 2.33 bits per heavy atom. The molecule has 0 saturated heterocycles. The molecule has 0 aliphatic rings. The van der Waals surface area contributed by atoms with E-state index in [1.54, 1.807) is 6.92 Å². The summed E-state index contributed by atoms with van der Waals surface area (Å²) in [5, 5.41) is 4.02. The second-order valence-electron chi connectivity index (χ2n) is 4.98. The van der Waals surface area contributed by atoms with Gasteiger partial charge in [-0.15, -0.1) is 0 Å². The summed E-state index contributed by atoms with van der Waals surface area (Å²) in [6, 6.07) is 4.97. The summed E-state index contributed by atoms with van der Waals surface area (Å²) in [4.78, 5) is 11.1. The van der Waals surface area contributed by atoms with Gasteiger partial charge in [0.15, 0.2) is 9.84 Å². The molecule has 0 unspecified atom stereocenters. The Morgan fingerprint density at radius 1 is 1.12 bits per heavy atom. The molecule has 0 fully saturated rings. The topological polar surface area (TPSA) is 69.0 Å². The average molecular weight is 360 g/mol. The minimum Gasteiger partial charge on any atom is -0.268 e. The van der Waals surface area contributed by atoms with Gasteiger partial charge in [-0.25, -0.2) is 13.1 Å². The van der Waals surface area contributed by atoms with Gasteiger partial charge in [0.2, 0.25) is 0 Å². The van der Waals surface area contributed by atoms with E-state index in [0.717, 1.165) is 16.8 Å². The fourth-order valence-corrected chi connectivity index (χ4v) is 3.27. The second-order valence-corrected chi connectivity index (χ2v) is 7.23. The monoisotopic (exact) mass is 360 g/mol. The molecule has 0 saturated carbocycles. The highest BCUT2D eigenvalue weighted by molar-refractivity contribution is 7.91. The first-order valence-corrected chi connectivity index (χ1v) is 8.78. The third-order valence-corrected chi connectivity index (χ3v) is 5.23. The summed E-state index contributed by atoms with van der Waals surface area (Å²) in [6.07, 6.45) is -4.66. The number of nitrogens with zero attached hydrogens (tertiary/aromatic N) is 2. The largest absolute Gasteiger partial charge is 0.416 e. The molecule has 130 valence electrons. The van der Waals surface area contributed by atoms with Gasteiger partial charge >= 0.3 is 6.18 Å². The van der Waals surface area contributed by atoms with Crippen LogP contribution in [0.25, 0.3) is 11.3 Å². The lowest BCUT2D eigenvalue weighted by Gasteiger charge is -2.14. The predicted molar refractivity (Wildman–Crippen MR) is 82.3 cm³/mol. The Hall–Kier alpha value is -2.16. The maximum atomic E-state index is 12.9. The standard InChI is InChI=1S/C15H15F3N2O3S/c1-3-20-14(21)8-7-12(19-20)11-6-5-10(15(16,17)18)9-13(11)24(22,23)4-2/h5-9H,3-4H2,1-2H3. The van der Waals surface area contributed by atoms with E-state index in [2.05, 4.69) is 5.10 Å². The fraction of sp³-hybridized carbons (Fsp3) is 0.333. The highest BCUT2D eigenvalue weighted by atomic mass is 32.2. The molecule has 24 heavy (non-hydrogen) atoms. The van der Waals surface area contributed by atoms with Crippen molar-refractivity contribution in [3.63, 3.8) is 0 Å². The first kappa shape index (κ1) is 18.2. The van der Waals surface area contributed by atoms with Crippen LogP contribution in [0.2, 0.25) is 0 Å². The van der Waals surface area contributed by atoms with Crippen LogP contribution in [0, 0.1) is 0 Å². The van der Waals surface area contributed by atoms with E-state index in [0.29, 0.717) is 6.07 Å². The molecular weight excluding hydrogens is 345 g/mol. The zero-order valence-corrected chi connectivity index (χ0v) is 13.8. The minimum atomic E-state index is -4.66. The smallest absolute Gasteiger partial charge is 0.268 e. The SMILES string of the molecule is CCn1nc(-c2ccc(C(F)(F)F)cc2S(=O)(=O)CC)ccc1=O. The highest BCUT2D eigenvalue weighted by Gasteiger charge is 2.33. The molecule has 0 N–H and O–H groups in total. The van der Waals surface area contributed by atoms with Crippen molar-refractivity contribution in [2.75, 3.05) is 5.75 Å². The Bertz CT molecular complexity index is 918. The Labute approximate surface area is 136 Å². The van der Waals surface area contributed by atoms with Crippen molar-refractivity contribution in [2.45, 2.75) is 31.5 Å². The second kappa shape index (κ2) is 6.39. The van der Waals surface area contributed by atoms with Gasteiger partial charge in [0.1, 0.15) is 0 Å². The van der Waals surface area contributed by atoms with Gasteiger partial charge in [0, 0.05) is 18.2 Å². The van der Waals surface area contributed by atoms with Crippen LogP contribution in [0.15, 0.2) is 40.0 Å². The third-order valence-electron chi connectivity index (χ3n) is 3.47. The van der Waals surface area contributed by atoms with Crippen LogP contribution in [0.3, 0.4) is 0 Å². The number of hydrogen-bond acceptors (Lipinski definition) is 4. The van der Waals surface area contributed by atoms with E-state index in [4.69, 9.17) is 0 Å². The number of aromatic nitrogens is 2. The molecule has 0 aliphatic carbocycles. The first-order valence-electron chi connectivity index (χ1n) is 7.12. The molecule has 5 nitrogen and oxygen atoms in total. The number of aryl methyl sites for hydroxylation is 1. The van der Waals surface area contributed by atoms with Gasteiger partial charge in [-0.1, -0.05) is 13.0 Å². The van der Waals surface area contributed by atoms with Gasteiger partial charge in [0.25, 0.3) is 5.56 Å². The molecule has 2 rings (SSSR count). The van der Waals surface area contributed by atoms with Crippen molar-refractivity contribution >= 4 is 9.84 Å². The summed E-state index contributed by atoms with van der Waals surface area (Å²) in [7, 11) is -3.92. The van der Waals surface area contributed by atoms with Crippen molar-refractivity contribution < 1.29 is 21.6 Å². The van der Waals surface area contributed by atoms with E-state index >= 15 is 0 Å². The number of benzene rings is 1. The first-order chi connectivity index (χ1) is 11.1. The predicted octanol–water partition coefficient (Wildman–Crippen LogP) is 2.74. The molecule has 0 atom stereocenters. The van der Waals surface area contributed by atoms with Gasteiger partial charge in [-0.3, -0.25) is 4.79 Å². The van der Waals surface area contributed by atoms with E-state index in [1.807, 2.05) is 0 Å². The summed E-state index contributed by atoms with van der Waals surface area (Å²) in [5.74, 6) is -0.352. The van der Waals surface area contributed by atoms with Crippen LogP contribution in [-0.2, 0) is 22.6 Å². The van der Waals surface area contributed by atoms with Crippen molar-refractivity contribution in [2.24, 2.45) is 0 Å². The lowest BCUT2D eigenvalue weighted by molar-refractivity contribution is -0.137. The quantitative estimate of drug-likeness (QED) is 0.841. The molecule has 0 spiro atoms. The van der Waals surface area contributed by atoms with E-state index < -0.39 is 26.5 Å². The van der Waals surface area contributed by atoms with Crippen LogP contribution in [0.1, 0.15) is 19.4 Å². The van der Waals surface area contributed by atoms with Crippen LogP contribution in [0.5, 0.6) is 0 Å². The Kier molecular flexibility index (Phi) is 4.84. The molecule has 0 aliphatic heterocycles. The van der Waals surface area contributed by atoms with Crippen LogP contribution in [-0.4, -0.2) is 24.0 Å². The van der Waals surface area contributed by atoms with Gasteiger partial charge in [-0.2, -0.15) is 18.3 Å². The number of rotatable bonds is 4. The van der Waals surface area contributed by atoms with Crippen LogP contribution < -0.4 is 5.56 Å². The molecule has 9 heteroatoms. The van der Waals surface area contributed by atoms with Crippen molar-refractivity contribution in [1.29, 1.82) is 0 Å². The van der Waals surface area contributed by atoms with E-state index in [9.17, 15) is 26.4 Å². The van der Waals surface area contributed by atoms with Gasteiger partial charge < -0.3 is 0 Å². The molecule has 1 heterocycles. The molecule has 0 amide bonds. The normalized spacial score (nSPS) is 12.4. The van der Waals surface area contributed by atoms with Crippen molar-refractivity contribution in [3.05, 3.63) is 46.2 Å². The number of halogens is 3. The summed E-state index contributed by atoms with van der Waals surface area (Å²) in [5.41, 5.74) is -1.28. The lowest BCUT2D eigenvalue weighted by atomic mass is 10.1. The number of alkyl halides is 3. The van der Waals surface area contributed by atoms with E-state index in [1.165, 1.54) is 19.1 Å². The maximum Gasteiger partial charge on any atom is 0.416 e. The average Bonchev–Trinajstić information content (AvgIpc) is 2.54. The zero-order valence-electron chi connectivity index (χ0n) is 13.0. The van der Waals surface area contributed by atoms with Crippen molar-refractivity contribution in [3.8, 4) is 11.3 Å². The summed E-state index contributed by atoms with van der Waals surface area (Å²) in [6.45, 7) is 3.28. The van der Waals surface area contributed by atoms with E-state index in [-0.39, 0.29) is 29.1 Å². The summed E-state index contributed by atoms with van der Waals surface area (Å²) >= 11 is 0. The molecular formula is C15H15F3N2O3S. The zero-order chi connectivity index (χ0) is 18.1. The number of hydrogen-bond donors (Lipinski definition) is 0. The Balaban J connectivity index is 2.77. The highest BCUT2D eigenvalue weighted by Crippen LogP contribution is 2.35. The van der Waals surface area contributed by atoms with Gasteiger partial charge in [0.05, 0.1) is 21.9 Å². The molecule has 1 aromatic heterocycles.